The summed E-state index contributed by atoms with van der Waals surface area (Å²) in [6.45, 7) is 5.57. The van der Waals surface area contributed by atoms with Crippen LogP contribution in [0.4, 0.5) is 0 Å². The Bertz CT molecular complexity index is 671. The van der Waals surface area contributed by atoms with Crippen LogP contribution in [0.3, 0.4) is 0 Å². The van der Waals surface area contributed by atoms with E-state index in [-0.39, 0.29) is 5.91 Å². The lowest BCUT2D eigenvalue weighted by Gasteiger charge is -2.34. The third-order valence-corrected chi connectivity index (χ3v) is 4.56. The largest absolute Gasteiger partial charge is 0.457 e. The molecule has 0 aromatic carbocycles. The zero-order valence-electron chi connectivity index (χ0n) is 14.6. The summed E-state index contributed by atoms with van der Waals surface area (Å²) in [5, 5.41) is 9.94. The van der Waals surface area contributed by atoms with Gasteiger partial charge in [-0.2, -0.15) is 0 Å². The van der Waals surface area contributed by atoms with E-state index in [0.717, 1.165) is 43.6 Å². The number of nitrogens with zero attached hydrogens (tertiary/aromatic N) is 1. The van der Waals surface area contributed by atoms with Crippen molar-refractivity contribution in [2.45, 2.75) is 45.3 Å². The molecular formula is C18H26N2O4. The summed E-state index contributed by atoms with van der Waals surface area (Å²) in [4.78, 5) is 17.7. The summed E-state index contributed by atoms with van der Waals surface area (Å²) in [6, 6.07) is 3.63. The monoisotopic (exact) mass is 334 g/mol. The molecule has 1 amide bonds. The first-order valence-electron chi connectivity index (χ1n) is 8.48. The first kappa shape index (κ1) is 17.0. The number of aromatic amines is 1. The minimum Gasteiger partial charge on any atom is -0.457 e. The molecule has 24 heavy (non-hydrogen) atoms. The molecule has 3 heterocycles. The number of rotatable bonds is 5. The van der Waals surface area contributed by atoms with Gasteiger partial charge in [0, 0.05) is 32.3 Å². The minimum atomic E-state index is -0.638. The van der Waals surface area contributed by atoms with Crippen LogP contribution in [-0.4, -0.2) is 46.7 Å². The first-order valence-corrected chi connectivity index (χ1v) is 8.48. The lowest BCUT2D eigenvalue weighted by atomic mass is 9.86. The van der Waals surface area contributed by atoms with Gasteiger partial charge >= 0.3 is 0 Å². The molecule has 0 bridgehead atoms. The number of furan rings is 1. The summed E-state index contributed by atoms with van der Waals surface area (Å²) in [6.07, 6.45) is 2.65. The first-order chi connectivity index (χ1) is 11.4. The average Bonchev–Trinajstić information content (AvgIpc) is 3.04. The number of aliphatic hydroxyl groups is 1. The van der Waals surface area contributed by atoms with Gasteiger partial charge in [0.2, 0.25) is 0 Å². The molecule has 1 fully saturated rings. The fourth-order valence-corrected chi connectivity index (χ4v) is 3.52. The molecule has 2 aromatic heterocycles. The molecule has 1 aliphatic rings. The van der Waals surface area contributed by atoms with Crippen molar-refractivity contribution in [3.63, 3.8) is 0 Å². The fraction of sp³-hybridized carbons (Fsp3) is 0.611. The number of H-pyrrole nitrogens is 1. The van der Waals surface area contributed by atoms with Gasteiger partial charge in [-0.15, -0.1) is 0 Å². The van der Waals surface area contributed by atoms with Gasteiger partial charge in [0.15, 0.2) is 5.58 Å². The zero-order valence-corrected chi connectivity index (χ0v) is 14.6. The van der Waals surface area contributed by atoms with Gasteiger partial charge in [-0.05, 0) is 39.0 Å². The predicted octanol–water partition coefficient (Wildman–Crippen LogP) is 2.92. The Morgan fingerprint density at radius 2 is 2.12 bits per heavy atom. The highest BCUT2D eigenvalue weighted by atomic mass is 16.5. The van der Waals surface area contributed by atoms with Gasteiger partial charge in [-0.1, -0.05) is 0 Å². The van der Waals surface area contributed by atoms with E-state index in [4.69, 9.17) is 9.15 Å². The van der Waals surface area contributed by atoms with Crippen molar-refractivity contribution in [2.75, 3.05) is 20.2 Å². The number of carbonyl (C=O) groups excluding carboxylic acids is 1. The Morgan fingerprint density at radius 3 is 2.71 bits per heavy atom. The Balaban J connectivity index is 1.62. The van der Waals surface area contributed by atoms with Crippen LogP contribution in [0, 0.1) is 5.92 Å². The number of hydrogen-bond acceptors (Lipinski definition) is 4. The molecule has 6 heteroatoms. The van der Waals surface area contributed by atoms with Crippen molar-refractivity contribution in [2.24, 2.45) is 5.92 Å². The standard InChI is InChI=1S/C18H26N2O4/c1-18(2,22)10-12-4-6-20(7-5-12)17(21)15-9-16-14(19-15)8-13(24-16)11-23-3/h8-9,12,19,22H,4-7,10-11H2,1-3H3. The zero-order chi connectivity index (χ0) is 17.3. The van der Waals surface area contributed by atoms with Crippen LogP contribution in [0.25, 0.3) is 11.1 Å². The fourth-order valence-electron chi connectivity index (χ4n) is 3.52. The van der Waals surface area contributed by atoms with Gasteiger partial charge in [-0.25, -0.2) is 0 Å². The number of ether oxygens (including phenoxy) is 1. The molecule has 2 N–H and O–H groups in total. The van der Waals surface area contributed by atoms with Crippen LogP contribution in [0.2, 0.25) is 0 Å². The lowest BCUT2D eigenvalue weighted by molar-refractivity contribution is 0.0357. The van der Waals surface area contributed by atoms with E-state index < -0.39 is 5.60 Å². The van der Waals surface area contributed by atoms with E-state index >= 15 is 0 Å². The summed E-state index contributed by atoms with van der Waals surface area (Å²) in [5.41, 5.74) is 1.43. The molecule has 6 nitrogen and oxygen atoms in total. The van der Waals surface area contributed by atoms with E-state index in [0.29, 0.717) is 23.8 Å². The van der Waals surface area contributed by atoms with Crippen molar-refractivity contribution in [1.82, 2.24) is 9.88 Å². The van der Waals surface area contributed by atoms with Crippen LogP contribution in [0.15, 0.2) is 16.5 Å². The normalized spacial score (nSPS) is 16.9. The number of fused-ring (bicyclic) bond motifs is 1. The maximum atomic E-state index is 12.6. The number of piperidine rings is 1. The van der Waals surface area contributed by atoms with Crippen LogP contribution in [0.5, 0.6) is 0 Å². The molecule has 0 atom stereocenters. The third-order valence-electron chi connectivity index (χ3n) is 4.56. The van der Waals surface area contributed by atoms with E-state index in [1.165, 1.54) is 0 Å². The van der Waals surface area contributed by atoms with E-state index in [1.54, 1.807) is 13.2 Å². The number of hydrogen-bond donors (Lipinski definition) is 2. The Kier molecular flexibility index (Phi) is 4.69. The maximum absolute atomic E-state index is 12.6. The van der Waals surface area contributed by atoms with Gasteiger partial charge in [0.1, 0.15) is 18.1 Å². The van der Waals surface area contributed by atoms with Gasteiger partial charge in [0.25, 0.3) is 5.91 Å². The Hall–Kier alpha value is -1.79. The van der Waals surface area contributed by atoms with E-state index in [2.05, 4.69) is 4.98 Å². The van der Waals surface area contributed by atoms with Crippen LogP contribution in [-0.2, 0) is 11.3 Å². The van der Waals surface area contributed by atoms with Gasteiger partial charge < -0.3 is 24.1 Å². The average molecular weight is 334 g/mol. The summed E-state index contributed by atoms with van der Waals surface area (Å²) < 4.78 is 10.7. The van der Waals surface area contributed by atoms with Crippen LogP contribution in [0.1, 0.15) is 49.4 Å². The second-order valence-corrected chi connectivity index (χ2v) is 7.36. The third kappa shape index (κ3) is 3.82. The minimum absolute atomic E-state index is 0.0106. The quantitative estimate of drug-likeness (QED) is 0.881. The number of amides is 1. The summed E-state index contributed by atoms with van der Waals surface area (Å²) in [5.74, 6) is 1.23. The van der Waals surface area contributed by atoms with Crippen molar-refractivity contribution >= 4 is 17.0 Å². The molecule has 1 saturated heterocycles. The van der Waals surface area contributed by atoms with Gasteiger partial charge in [-0.3, -0.25) is 4.79 Å². The Labute approximate surface area is 141 Å². The van der Waals surface area contributed by atoms with Crippen LogP contribution < -0.4 is 0 Å². The molecule has 3 rings (SSSR count). The Morgan fingerprint density at radius 1 is 1.42 bits per heavy atom. The maximum Gasteiger partial charge on any atom is 0.270 e. The van der Waals surface area contributed by atoms with Crippen molar-refractivity contribution < 1.29 is 19.1 Å². The summed E-state index contributed by atoms with van der Waals surface area (Å²) >= 11 is 0. The van der Waals surface area contributed by atoms with Crippen molar-refractivity contribution in [1.29, 1.82) is 0 Å². The highest BCUT2D eigenvalue weighted by molar-refractivity contribution is 5.97. The van der Waals surface area contributed by atoms with Crippen LogP contribution >= 0.6 is 0 Å². The molecule has 0 saturated carbocycles. The SMILES string of the molecule is COCc1cc2[nH]c(C(=O)N3CCC(CC(C)(C)O)CC3)cc2o1. The molecule has 0 spiro atoms. The van der Waals surface area contributed by atoms with E-state index in [9.17, 15) is 9.90 Å². The molecule has 1 aliphatic heterocycles. The number of likely N-dealkylation sites (tertiary alicyclic amines) is 1. The number of nitrogens with one attached hydrogen (secondary N) is 1. The number of carbonyl (C=O) groups is 1. The molecule has 2 aromatic rings. The number of methoxy groups -OCH3 is 1. The highest BCUT2D eigenvalue weighted by Crippen LogP contribution is 2.27. The van der Waals surface area contributed by atoms with Gasteiger partial charge in [0.05, 0.1) is 11.1 Å². The van der Waals surface area contributed by atoms with Crippen molar-refractivity contribution in [3.05, 3.63) is 23.6 Å². The predicted molar refractivity (Wildman–Crippen MR) is 90.8 cm³/mol. The molecule has 0 aliphatic carbocycles. The highest BCUT2D eigenvalue weighted by Gasteiger charge is 2.28. The molecule has 0 unspecified atom stereocenters. The molecular weight excluding hydrogens is 308 g/mol. The summed E-state index contributed by atoms with van der Waals surface area (Å²) in [7, 11) is 1.62. The second-order valence-electron chi connectivity index (χ2n) is 7.36. The van der Waals surface area contributed by atoms with Crippen molar-refractivity contribution in [3.8, 4) is 0 Å². The topological polar surface area (TPSA) is 78.7 Å². The van der Waals surface area contributed by atoms with E-state index in [1.807, 2.05) is 24.8 Å². The smallest absolute Gasteiger partial charge is 0.270 e. The molecule has 132 valence electrons. The molecule has 0 radical (unpaired) electrons. The number of aromatic nitrogens is 1. The second kappa shape index (κ2) is 6.61. The lowest BCUT2D eigenvalue weighted by Crippen LogP contribution is -2.40.